The van der Waals surface area contributed by atoms with E-state index in [0.29, 0.717) is 0 Å². The van der Waals surface area contributed by atoms with E-state index in [0.717, 1.165) is 67.3 Å². The van der Waals surface area contributed by atoms with Crippen molar-refractivity contribution in [3.8, 4) is 22.3 Å². The molecular weight excluding hydrogens is 942 g/mol. The zero-order valence-electron chi connectivity index (χ0n) is 43.7. The minimum absolute atomic E-state index is 0.00155. The highest BCUT2D eigenvalue weighted by Crippen LogP contribution is 2.51. The number of anilines is 9. The number of fused-ring (bicyclic) bond motifs is 9. The predicted molar refractivity (Wildman–Crippen MR) is 326 cm³/mol. The van der Waals surface area contributed by atoms with E-state index in [1.165, 1.54) is 65.0 Å². The minimum atomic E-state index is -0.0739. The monoisotopic (exact) mass is 997 g/mol. The van der Waals surface area contributed by atoms with Gasteiger partial charge >= 0.3 is 0 Å². The molecule has 14 rings (SSSR count). The Morgan fingerprint density at radius 2 is 1.05 bits per heavy atom. The second-order valence-electron chi connectivity index (χ2n) is 22.5. The van der Waals surface area contributed by atoms with Crippen LogP contribution in [-0.2, 0) is 10.8 Å². The molecule has 12 aromatic rings. The molecule has 0 N–H and O–H groups in total. The van der Waals surface area contributed by atoms with E-state index in [9.17, 15) is 0 Å². The summed E-state index contributed by atoms with van der Waals surface area (Å²) in [5, 5.41) is 3.46. The number of nitrogens with zero attached hydrogens (tertiary/aromatic N) is 3. The third-order valence-electron chi connectivity index (χ3n) is 15.8. The Morgan fingerprint density at radius 3 is 1.79 bits per heavy atom. The summed E-state index contributed by atoms with van der Waals surface area (Å²) in [7, 11) is 0. The van der Waals surface area contributed by atoms with Crippen molar-refractivity contribution in [1.82, 2.24) is 0 Å². The SMILES string of the molecule is CC(C)(C)c1ccc(N(c2ccc3c(c2)N(c2cccc4c2oc2ccccc24)c2cccc4c2B3c2sc3ccc(-c5ccccc5)cc3c2N4c2ccc(C(C)(C)C)cc2)c2ccccc2-c2ccccc2)cc1. The molecule has 0 fully saturated rings. The van der Waals surface area contributed by atoms with Crippen LogP contribution in [0.1, 0.15) is 52.7 Å². The van der Waals surface area contributed by atoms with Gasteiger partial charge in [0.05, 0.1) is 17.1 Å². The smallest absolute Gasteiger partial charge is 0.264 e. The van der Waals surface area contributed by atoms with E-state index < -0.39 is 0 Å². The molecule has 2 aliphatic heterocycles. The fourth-order valence-electron chi connectivity index (χ4n) is 12.0. The molecule has 0 spiro atoms. The zero-order valence-corrected chi connectivity index (χ0v) is 44.5. The largest absolute Gasteiger partial charge is 0.454 e. The zero-order chi connectivity index (χ0) is 51.5. The van der Waals surface area contributed by atoms with E-state index in [4.69, 9.17) is 4.42 Å². The van der Waals surface area contributed by atoms with E-state index in [2.05, 4.69) is 287 Å². The Hall–Kier alpha value is -8.58. The Morgan fingerprint density at radius 1 is 0.447 bits per heavy atom. The van der Waals surface area contributed by atoms with Gasteiger partial charge in [-0.3, -0.25) is 0 Å². The summed E-state index contributed by atoms with van der Waals surface area (Å²) in [6.45, 7) is 13.7. The first kappa shape index (κ1) is 46.0. The summed E-state index contributed by atoms with van der Waals surface area (Å²) in [6.07, 6.45) is 0. The van der Waals surface area contributed by atoms with Crippen LogP contribution in [0, 0.1) is 0 Å². The molecule has 0 radical (unpaired) electrons. The third kappa shape index (κ3) is 7.41. The highest BCUT2D eigenvalue weighted by Gasteiger charge is 2.46. The lowest BCUT2D eigenvalue weighted by molar-refractivity contribution is 0.590. The minimum Gasteiger partial charge on any atom is -0.454 e. The number of rotatable bonds is 7. The molecule has 0 aliphatic carbocycles. The molecule has 0 amide bonds. The van der Waals surface area contributed by atoms with Gasteiger partial charge in [-0.2, -0.15) is 0 Å². The van der Waals surface area contributed by atoms with Gasteiger partial charge in [0, 0.05) is 65.3 Å². The van der Waals surface area contributed by atoms with E-state index >= 15 is 0 Å². The quantitative estimate of drug-likeness (QED) is 0.148. The summed E-state index contributed by atoms with van der Waals surface area (Å²) in [5.74, 6) is 0. The van der Waals surface area contributed by atoms with Crippen LogP contribution in [0.2, 0.25) is 0 Å². The van der Waals surface area contributed by atoms with Crippen LogP contribution in [0.15, 0.2) is 235 Å². The Labute approximate surface area is 449 Å². The lowest BCUT2D eigenvalue weighted by atomic mass is 9.36. The molecule has 2 aromatic heterocycles. The van der Waals surface area contributed by atoms with Gasteiger partial charge in [-0.05, 0) is 128 Å². The lowest BCUT2D eigenvalue weighted by Gasteiger charge is -2.43. The van der Waals surface area contributed by atoms with Crippen molar-refractivity contribution in [1.29, 1.82) is 0 Å². The molecule has 0 bridgehead atoms. The first-order chi connectivity index (χ1) is 37.0. The van der Waals surface area contributed by atoms with E-state index in [1.807, 2.05) is 11.3 Å². The number of para-hydroxylation sites is 3. The topological polar surface area (TPSA) is 22.9 Å². The molecular formula is C70H56BN3OS. The average molecular weight is 998 g/mol. The Bertz CT molecular complexity index is 4200. The van der Waals surface area contributed by atoms with Crippen molar-refractivity contribution in [2.24, 2.45) is 0 Å². The van der Waals surface area contributed by atoms with Gasteiger partial charge in [0.15, 0.2) is 5.58 Å². The van der Waals surface area contributed by atoms with Gasteiger partial charge < -0.3 is 19.1 Å². The number of thiophene rings is 1. The molecule has 0 unspecified atom stereocenters. The van der Waals surface area contributed by atoms with Gasteiger partial charge in [-0.15, -0.1) is 11.3 Å². The summed E-state index contributed by atoms with van der Waals surface area (Å²) >= 11 is 1.93. The van der Waals surface area contributed by atoms with Crippen LogP contribution < -0.4 is 30.4 Å². The molecule has 0 atom stereocenters. The fourth-order valence-corrected chi connectivity index (χ4v) is 13.3. The number of benzene rings is 10. The summed E-state index contributed by atoms with van der Waals surface area (Å²) in [6, 6.07) is 85.3. The van der Waals surface area contributed by atoms with Gasteiger partial charge in [-0.1, -0.05) is 193 Å². The maximum absolute atomic E-state index is 7.00. The molecule has 0 saturated carbocycles. The number of hydrogen-bond acceptors (Lipinski definition) is 5. The third-order valence-corrected chi connectivity index (χ3v) is 17.0. The first-order valence-electron chi connectivity index (χ1n) is 26.5. The Kier molecular flexibility index (Phi) is 10.6. The van der Waals surface area contributed by atoms with Crippen molar-refractivity contribution in [3.63, 3.8) is 0 Å². The molecule has 76 heavy (non-hydrogen) atoms. The van der Waals surface area contributed by atoms with E-state index in [-0.39, 0.29) is 17.5 Å². The molecule has 0 saturated heterocycles. The maximum atomic E-state index is 7.00. The van der Waals surface area contributed by atoms with Gasteiger partial charge in [0.25, 0.3) is 6.71 Å². The van der Waals surface area contributed by atoms with Gasteiger partial charge in [0.1, 0.15) is 5.58 Å². The fraction of sp³-hybridized carbons (Fsp3) is 0.114. The van der Waals surface area contributed by atoms with E-state index in [1.54, 1.807) is 0 Å². The Balaban J connectivity index is 1.06. The van der Waals surface area contributed by atoms with Crippen LogP contribution >= 0.6 is 11.3 Å². The van der Waals surface area contributed by atoms with Crippen LogP contribution in [0.4, 0.5) is 51.2 Å². The highest BCUT2D eigenvalue weighted by molar-refractivity contribution is 7.33. The first-order valence-corrected chi connectivity index (χ1v) is 27.3. The average Bonchev–Trinajstić information content (AvgIpc) is 4.16. The molecule has 4 heterocycles. The molecule has 4 nitrogen and oxygen atoms in total. The van der Waals surface area contributed by atoms with Gasteiger partial charge in [0.2, 0.25) is 0 Å². The number of hydrogen-bond donors (Lipinski definition) is 0. The molecule has 6 heteroatoms. The maximum Gasteiger partial charge on any atom is 0.264 e. The second-order valence-corrected chi connectivity index (χ2v) is 23.6. The lowest BCUT2D eigenvalue weighted by Crippen LogP contribution is -2.60. The summed E-state index contributed by atoms with van der Waals surface area (Å²) in [5.41, 5.74) is 21.7. The van der Waals surface area contributed by atoms with Crippen LogP contribution in [0.3, 0.4) is 0 Å². The summed E-state index contributed by atoms with van der Waals surface area (Å²) < 4.78 is 9.60. The van der Waals surface area contributed by atoms with Crippen molar-refractivity contribution < 1.29 is 4.42 Å². The molecule has 2 aliphatic rings. The molecule has 366 valence electrons. The van der Waals surface area contributed by atoms with Crippen molar-refractivity contribution in [3.05, 3.63) is 242 Å². The molecule has 10 aromatic carbocycles. The van der Waals surface area contributed by atoms with Crippen LogP contribution in [0.5, 0.6) is 0 Å². The number of furan rings is 1. The predicted octanol–water partition coefficient (Wildman–Crippen LogP) is 18.3. The standard InChI is InChI=1S/C70H56BN3OS/c1-69(2,3)48-32-36-50(37-33-48)72(58-26-15-13-23-53(58)46-21-11-8-12-22-46)52-40-41-57-62(44-52)74(61-29-17-25-55-54-24-14-16-30-63(54)75-67(55)61)60-28-18-27-59-65(60)71(57)68-66(73(59)51-38-34-49(35-39-51)70(4,5)6)56-43-47(31-42-64(56)76-68)45-19-9-7-10-20-45/h7-44H,1-6H3. The second kappa shape index (κ2) is 17.5. The normalized spacial score (nSPS) is 13.1. The van der Waals surface area contributed by atoms with Crippen molar-refractivity contribution in [2.75, 3.05) is 14.7 Å². The van der Waals surface area contributed by atoms with Crippen molar-refractivity contribution in [2.45, 2.75) is 52.4 Å². The highest BCUT2D eigenvalue weighted by atomic mass is 32.1. The van der Waals surface area contributed by atoms with Crippen LogP contribution in [-0.4, -0.2) is 6.71 Å². The van der Waals surface area contributed by atoms with Crippen LogP contribution in [0.25, 0.3) is 54.3 Å². The van der Waals surface area contributed by atoms with Crippen molar-refractivity contribution >= 4 is 117 Å². The summed E-state index contributed by atoms with van der Waals surface area (Å²) in [4.78, 5) is 7.53. The van der Waals surface area contributed by atoms with Gasteiger partial charge in [-0.25, -0.2) is 0 Å².